The Balaban J connectivity index is 1.37. The van der Waals surface area contributed by atoms with Crippen LogP contribution in [0.25, 0.3) is 10.4 Å². The predicted molar refractivity (Wildman–Crippen MR) is 130 cm³/mol. The highest BCUT2D eigenvalue weighted by molar-refractivity contribution is 7.17. The molecule has 166 valence electrons. The molecular weight excluding hydrogens is 422 g/mol. The monoisotopic (exact) mass is 449 g/mol. The van der Waals surface area contributed by atoms with Gasteiger partial charge in [0.1, 0.15) is 5.75 Å². The first-order chi connectivity index (χ1) is 15.4. The molecule has 1 unspecified atom stereocenters. The van der Waals surface area contributed by atoms with Crippen LogP contribution in [0.5, 0.6) is 5.75 Å². The topological polar surface area (TPSA) is 61.9 Å². The molecule has 1 aromatic heterocycles. The maximum Gasteiger partial charge on any atom is 0.265 e. The quantitative estimate of drug-likeness (QED) is 0.591. The maximum atomic E-state index is 12.7. The summed E-state index contributed by atoms with van der Waals surface area (Å²) in [4.78, 5) is 30.1. The Morgan fingerprint density at radius 3 is 2.44 bits per heavy atom. The molecule has 0 aliphatic carbocycles. The highest BCUT2D eigenvalue weighted by atomic mass is 32.1. The Hall–Kier alpha value is -3.32. The van der Waals surface area contributed by atoms with E-state index in [1.807, 2.05) is 72.6 Å². The van der Waals surface area contributed by atoms with Gasteiger partial charge in [0, 0.05) is 43.3 Å². The summed E-state index contributed by atoms with van der Waals surface area (Å²) in [6.45, 7) is 3.34. The van der Waals surface area contributed by atoms with Crippen LogP contribution in [-0.4, -0.2) is 50.0 Å². The minimum atomic E-state index is -0.119. The first kappa shape index (κ1) is 21.9. The number of carbonyl (C=O) groups is 2. The van der Waals surface area contributed by atoms with E-state index in [1.165, 1.54) is 11.3 Å². The molecule has 1 fully saturated rings. The SMILES string of the molecule is COc1ccc(-c2ccc(C(=O)Nc3ccc(N4CCC(N(C)C(C)=O)C4)cc3)s2)cc1. The fourth-order valence-corrected chi connectivity index (χ4v) is 4.77. The molecule has 4 rings (SSSR count). The van der Waals surface area contributed by atoms with Crippen molar-refractivity contribution in [3.05, 3.63) is 65.5 Å². The predicted octanol–water partition coefficient (Wildman–Crippen LogP) is 4.73. The van der Waals surface area contributed by atoms with Gasteiger partial charge in [-0.05, 0) is 72.6 Å². The van der Waals surface area contributed by atoms with Crippen molar-refractivity contribution in [1.29, 1.82) is 0 Å². The third-order valence-electron chi connectivity index (χ3n) is 5.90. The molecule has 0 radical (unpaired) electrons. The molecule has 2 heterocycles. The zero-order valence-electron chi connectivity index (χ0n) is 18.5. The highest BCUT2D eigenvalue weighted by Gasteiger charge is 2.27. The molecule has 1 aliphatic heterocycles. The van der Waals surface area contributed by atoms with Gasteiger partial charge in [-0.15, -0.1) is 11.3 Å². The van der Waals surface area contributed by atoms with Crippen molar-refractivity contribution in [3.8, 4) is 16.2 Å². The number of hydrogen-bond acceptors (Lipinski definition) is 5. The standard InChI is InChI=1S/C25H27N3O3S/c1-17(29)27(2)21-14-15-28(16-21)20-8-6-19(7-9-20)26-25(30)24-13-12-23(32-24)18-4-10-22(31-3)11-5-18/h4-13,21H,14-16H2,1-3H3,(H,26,30). The van der Waals surface area contributed by atoms with E-state index < -0.39 is 0 Å². The van der Waals surface area contributed by atoms with Crippen LogP contribution in [0.15, 0.2) is 60.7 Å². The van der Waals surface area contributed by atoms with E-state index in [0.29, 0.717) is 4.88 Å². The van der Waals surface area contributed by atoms with Crippen molar-refractivity contribution in [2.75, 3.05) is 37.5 Å². The molecule has 1 aliphatic rings. The normalized spacial score (nSPS) is 15.5. The van der Waals surface area contributed by atoms with Gasteiger partial charge in [0.05, 0.1) is 18.0 Å². The molecule has 0 saturated carbocycles. The summed E-state index contributed by atoms with van der Waals surface area (Å²) in [5, 5.41) is 2.98. The van der Waals surface area contributed by atoms with Gasteiger partial charge in [0.15, 0.2) is 0 Å². The second-order valence-corrected chi connectivity index (χ2v) is 9.00. The van der Waals surface area contributed by atoms with Crippen LogP contribution in [0.1, 0.15) is 23.0 Å². The van der Waals surface area contributed by atoms with E-state index in [0.717, 1.165) is 47.1 Å². The first-order valence-corrected chi connectivity index (χ1v) is 11.4. The average Bonchev–Trinajstić information content (AvgIpc) is 3.49. The fraction of sp³-hybridized carbons (Fsp3) is 0.280. The van der Waals surface area contributed by atoms with Crippen LogP contribution < -0.4 is 15.0 Å². The van der Waals surface area contributed by atoms with Crippen molar-refractivity contribution in [1.82, 2.24) is 4.90 Å². The number of likely N-dealkylation sites (N-methyl/N-ethyl adjacent to an activating group) is 1. The number of ether oxygens (including phenoxy) is 1. The molecule has 6 nitrogen and oxygen atoms in total. The Labute approximate surface area is 192 Å². The number of nitrogens with one attached hydrogen (secondary N) is 1. The molecular formula is C25H27N3O3S. The summed E-state index contributed by atoms with van der Waals surface area (Å²) in [6.07, 6.45) is 0.962. The number of thiophene rings is 1. The number of benzene rings is 2. The summed E-state index contributed by atoms with van der Waals surface area (Å²) in [6, 6.07) is 19.7. The maximum absolute atomic E-state index is 12.7. The minimum Gasteiger partial charge on any atom is -0.497 e. The Morgan fingerprint density at radius 1 is 1.06 bits per heavy atom. The third-order valence-corrected chi connectivity index (χ3v) is 7.04. The summed E-state index contributed by atoms with van der Waals surface area (Å²) in [5.41, 5.74) is 2.91. The van der Waals surface area contributed by atoms with Crippen LogP contribution in [0.4, 0.5) is 11.4 Å². The lowest BCUT2D eigenvalue weighted by molar-refractivity contribution is -0.129. The number of carbonyl (C=O) groups excluding carboxylic acids is 2. The van der Waals surface area contributed by atoms with Crippen molar-refractivity contribution < 1.29 is 14.3 Å². The number of amides is 2. The highest BCUT2D eigenvalue weighted by Crippen LogP contribution is 2.30. The van der Waals surface area contributed by atoms with Gasteiger partial charge in [-0.1, -0.05) is 0 Å². The largest absolute Gasteiger partial charge is 0.497 e. The third kappa shape index (κ3) is 4.78. The van der Waals surface area contributed by atoms with Crippen molar-refractivity contribution in [2.45, 2.75) is 19.4 Å². The molecule has 3 aromatic rings. The van der Waals surface area contributed by atoms with Gasteiger partial charge in [-0.2, -0.15) is 0 Å². The van der Waals surface area contributed by atoms with E-state index in [1.54, 1.807) is 14.0 Å². The second kappa shape index (κ2) is 9.44. The van der Waals surface area contributed by atoms with E-state index in [4.69, 9.17) is 4.74 Å². The summed E-state index contributed by atoms with van der Waals surface area (Å²) in [7, 11) is 3.50. The van der Waals surface area contributed by atoms with Gasteiger partial charge >= 0.3 is 0 Å². The van der Waals surface area contributed by atoms with Crippen molar-refractivity contribution in [3.63, 3.8) is 0 Å². The van der Waals surface area contributed by atoms with Gasteiger partial charge in [-0.25, -0.2) is 0 Å². The molecule has 1 N–H and O–H groups in total. The minimum absolute atomic E-state index is 0.0960. The zero-order chi connectivity index (χ0) is 22.7. The second-order valence-electron chi connectivity index (χ2n) is 7.91. The van der Waals surface area contributed by atoms with Gasteiger partial charge < -0.3 is 19.9 Å². The van der Waals surface area contributed by atoms with E-state index in [9.17, 15) is 9.59 Å². The zero-order valence-corrected chi connectivity index (χ0v) is 19.3. The molecule has 0 spiro atoms. The van der Waals surface area contributed by atoms with Gasteiger partial charge in [0.25, 0.3) is 5.91 Å². The number of nitrogens with zero attached hydrogens (tertiary/aromatic N) is 2. The Bertz CT molecular complexity index is 1090. The first-order valence-electron chi connectivity index (χ1n) is 10.6. The Morgan fingerprint density at radius 2 is 1.78 bits per heavy atom. The van der Waals surface area contributed by atoms with Crippen LogP contribution in [0.2, 0.25) is 0 Å². The number of methoxy groups -OCH3 is 1. The molecule has 2 aromatic carbocycles. The van der Waals surface area contributed by atoms with Gasteiger partial charge in [0.2, 0.25) is 5.91 Å². The molecule has 2 amide bonds. The lowest BCUT2D eigenvalue weighted by atomic mass is 10.2. The van der Waals surface area contributed by atoms with Gasteiger partial charge in [-0.3, -0.25) is 9.59 Å². The number of hydrogen-bond donors (Lipinski definition) is 1. The molecule has 1 atom stereocenters. The summed E-state index contributed by atoms with van der Waals surface area (Å²) < 4.78 is 5.20. The van der Waals surface area contributed by atoms with Crippen LogP contribution >= 0.6 is 11.3 Å². The molecule has 0 bridgehead atoms. The average molecular weight is 450 g/mol. The molecule has 1 saturated heterocycles. The summed E-state index contributed by atoms with van der Waals surface area (Å²) in [5.74, 6) is 0.785. The Kier molecular flexibility index (Phi) is 6.46. The van der Waals surface area contributed by atoms with Crippen molar-refractivity contribution in [2.24, 2.45) is 0 Å². The molecule has 32 heavy (non-hydrogen) atoms. The van der Waals surface area contributed by atoms with Crippen LogP contribution in [0.3, 0.4) is 0 Å². The van der Waals surface area contributed by atoms with Crippen molar-refractivity contribution >= 4 is 34.5 Å². The van der Waals surface area contributed by atoms with E-state index in [-0.39, 0.29) is 17.9 Å². The lowest BCUT2D eigenvalue weighted by Crippen LogP contribution is -2.37. The number of anilines is 2. The van der Waals surface area contributed by atoms with E-state index >= 15 is 0 Å². The molecule has 7 heteroatoms. The lowest BCUT2D eigenvalue weighted by Gasteiger charge is -2.24. The van der Waals surface area contributed by atoms with Crippen LogP contribution in [-0.2, 0) is 4.79 Å². The fourth-order valence-electron chi connectivity index (χ4n) is 3.87. The van der Waals surface area contributed by atoms with Crippen LogP contribution in [0, 0.1) is 0 Å². The summed E-state index contributed by atoms with van der Waals surface area (Å²) >= 11 is 1.46. The van der Waals surface area contributed by atoms with E-state index in [2.05, 4.69) is 10.2 Å². The smallest absolute Gasteiger partial charge is 0.265 e. The number of rotatable bonds is 6.